The lowest BCUT2D eigenvalue weighted by molar-refractivity contribution is -0.161. The van der Waals surface area contributed by atoms with Crippen molar-refractivity contribution in [3.63, 3.8) is 0 Å². The first kappa shape index (κ1) is 91.7. The molecule has 0 rings (SSSR count). The van der Waals surface area contributed by atoms with Crippen LogP contribution < -0.4 is 0 Å². The summed E-state index contributed by atoms with van der Waals surface area (Å²) in [5.41, 5.74) is 0. The molecule has 5 atom stereocenters. The third-order valence-corrected chi connectivity index (χ3v) is 17.1. The van der Waals surface area contributed by atoms with Crippen molar-refractivity contribution < 1.29 is 80.2 Å². The molecular weight excluding hydrogens is 1260 g/mol. The van der Waals surface area contributed by atoms with Crippen molar-refractivity contribution >= 4 is 39.5 Å². The highest BCUT2D eigenvalue weighted by Crippen LogP contribution is 2.45. The SMILES string of the molecule is CC/C=C\C/C=C\C/C=C\C/C=C\C/C=C\CCCC(=O)OCC(COP(=O)(O)OCC(O)COP(=O)(O)OCC(COC(=O)CCCCCCC/C=C\C/C=C\CCCCC)OC(=O)CCCCCCC/C=C\CCCC)OC(=O)CCCCCCC/C=C\CCCCCC. The molecule has 0 aliphatic heterocycles. The molecule has 0 saturated heterocycles. The van der Waals surface area contributed by atoms with Gasteiger partial charge in [0.15, 0.2) is 12.2 Å². The van der Waals surface area contributed by atoms with Crippen LogP contribution in [0.1, 0.15) is 297 Å². The van der Waals surface area contributed by atoms with Crippen LogP contribution in [0, 0.1) is 0 Å². The van der Waals surface area contributed by atoms with Crippen LogP contribution in [-0.4, -0.2) is 96.7 Å². The van der Waals surface area contributed by atoms with E-state index in [1.54, 1.807) is 0 Å². The quantitative estimate of drug-likeness (QED) is 0.0169. The highest BCUT2D eigenvalue weighted by Gasteiger charge is 2.30. The van der Waals surface area contributed by atoms with Crippen LogP contribution in [0.25, 0.3) is 0 Å². The number of hydrogen-bond acceptors (Lipinski definition) is 15. The third kappa shape index (κ3) is 68.3. The van der Waals surface area contributed by atoms with Gasteiger partial charge in [0.2, 0.25) is 0 Å². The zero-order chi connectivity index (χ0) is 70.4. The zero-order valence-electron chi connectivity index (χ0n) is 60.0. The van der Waals surface area contributed by atoms with Gasteiger partial charge in [-0.3, -0.25) is 37.3 Å². The number of carbonyl (C=O) groups excluding carboxylic acids is 4. The first-order valence-electron chi connectivity index (χ1n) is 37.1. The highest BCUT2D eigenvalue weighted by molar-refractivity contribution is 7.47. The van der Waals surface area contributed by atoms with E-state index in [2.05, 4.69) is 125 Å². The molecule has 0 fully saturated rings. The lowest BCUT2D eigenvalue weighted by Crippen LogP contribution is -2.30. The summed E-state index contributed by atoms with van der Waals surface area (Å²) in [5, 5.41) is 10.6. The normalized spacial score (nSPS) is 14.6. The molecule has 0 saturated carbocycles. The second-order valence-electron chi connectivity index (χ2n) is 24.5. The summed E-state index contributed by atoms with van der Waals surface area (Å²) in [4.78, 5) is 72.7. The van der Waals surface area contributed by atoms with Crippen molar-refractivity contribution in [3.05, 3.63) is 109 Å². The summed E-state index contributed by atoms with van der Waals surface area (Å²) in [6.45, 7) is 4.57. The maximum absolute atomic E-state index is 13.0. The Labute approximate surface area is 581 Å². The Morgan fingerprint density at radius 2 is 0.562 bits per heavy atom. The van der Waals surface area contributed by atoms with Gasteiger partial charge < -0.3 is 33.8 Å². The van der Waals surface area contributed by atoms with E-state index < -0.39 is 97.5 Å². The zero-order valence-corrected chi connectivity index (χ0v) is 61.8. The molecule has 0 heterocycles. The monoisotopic (exact) mass is 1390 g/mol. The molecule has 0 aromatic carbocycles. The molecule has 0 radical (unpaired) electrons. The summed E-state index contributed by atoms with van der Waals surface area (Å²) in [5.74, 6) is -2.27. The molecule has 0 aliphatic rings. The van der Waals surface area contributed by atoms with Crippen LogP contribution in [0.2, 0.25) is 0 Å². The number of aliphatic hydroxyl groups is 1. The molecule has 0 aliphatic carbocycles. The Balaban J connectivity index is 5.38. The summed E-state index contributed by atoms with van der Waals surface area (Å²) in [7, 11) is -9.96. The minimum Gasteiger partial charge on any atom is -0.462 e. The van der Waals surface area contributed by atoms with Crippen molar-refractivity contribution in [1.82, 2.24) is 0 Å². The number of phosphoric acid groups is 2. The molecule has 0 aromatic heterocycles. The van der Waals surface area contributed by atoms with Gasteiger partial charge in [-0.15, -0.1) is 0 Å². The molecule has 5 unspecified atom stereocenters. The Bertz CT molecular complexity index is 2250. The molecule has 0 amide bonds. The minimum absolute atomic E-state index is 0.0712. The Morgan fingerprint density at radius 3 is 0.938 bits per heavy atom. The Hall–Kier alpha value is -4.28. The fourth-order valence-electron chi connectivity index (χ4n) is 9.50. The fourth-order valence-corrected chi connectivity index (χ4v) is 11.1. The molecule has 3 N–H and O–H groups in total. The van der Waals surface area contributed by atoms with Crippen LogP contribution in [-0.2, 0) is 65.4 Å². The van der Waals surface area contributed by atoms with Crippen molar-refractivity contribution in [2.24, 2.45) is 0 Å². The molecule has 17 nitrogen and oxygen atoms in total. The number of rotatable bonds is 69. The van der Waals surface area contributed by atoms with E-state index in [4.69, 9.17) is 37.0 Å². The van der Waals surface area contributed by atoms with E-state index in [-0.39, 0.29) is 25.7 Å². The smallest absolute Gasteiger partial charge is 0.462 e. The number of aliphatic hydroxyl groups excluding tert-OH is 1. The molecule has 96 heavy (non-hydrogen) atoms. The van der Waals surface area contributed by atoms with E-state index in [1.165, 1.54) is 57.8 Å². The van der Waals surface area contributed by atoms with Crippen molar-refractivity contribution in [2.45, 2.75) is 316 Å². The maximum atomic E-state index is 13.0. The lowest BCUT2D eigenvalue weighted by atomic mass is 10.1. The first-order chi connectivity index (χ1) is 46.7. The van der Waals surface area contributed by atoms with Crippen LogP contribution in [0.15, 0.2) is 109 Å². The van der Waals surface area contributed by atoms with Crippen molar-refractivity contribution in [1.29, 1.82) is 0 Å². The highest BCUT2D eigenvalue weighted by atomic mass is 31.2. The molecule has 552 valence electrons. The lowest BCUT2D eigenvalue weighted by Gasteiger charge is -2.21. The van der Waals surface area contributed by atoms with E-state index in [0.29, 0.717) is 32.1 Å². The number of hydrogen-bond donors (Lipinski definition) is 3. The van der Waals surface area contributed by atoms with Crippen LogP contribution in [0.3, 0.4) is 0 Å². The fraction of sp³-hybridized carbons (Fsp3) is 0.714. The van der Waals surface area contributed by atoms with Gasteiger partial charge in [-0.2, -0.15) is 0 Å². The van der Waals surface area contributed by atoms with Crippen molar-refractivity contribution in [2.75, 3.05) is 39.6 Å². The standard InChI is InChI=1S/C77H132O17P2/c1-5-9-13-17-21-25-29-32-34-35-37-40-43-46-50-54-58-62-75(80)88-68-73(94-77(82)64-60-56-52-48-44-38-31-27-23-19-15-11-7-3)70-92-96(85,86)90-66-71(78)65-89-95(83,84)91-69-72(93-76(81)63-59-55-51-47-41-28-24-20-16-12-8-4)67-87-74(79)61-57-53-49-45-42-39-36-33-30-26-22-18-14-10-6-2/h9,13,20-22,24-27,31-34,36-37,40,46,50,71-73,78H,5-8,10-12,14-19,23,28-30,35,38-39,41-45,47-49,51-70H2,1-4H3,(H,83,84)(H,85,86)/b13-9-,24-20-,25-21-,26-22-,31-27-,34-32-,36-33-,40-37-,50-46-. The largest absolute Gasteiger partial charge is 0.472 e. The molecule has 0 spiro atoms. The number of ether oxygens (including phenoxy) is 4. The van der Waals surface area contributed by atoms with Gasteiger partial charge in [-0.1, -0.05) is 240 Å². The maximum Gasteiger partial charge on any atom is 0.472 e. The second kappa shape index (κ2) is 69.2. The van der Waals surface area contributed by atoms with Crippen molar-refractivity contribution in [3.8, 4) is 0 Å². The number of esters is 4. The number of unbranched alkanes of at least 4 members (excludes halogenated alkanes) is 25. The topological polar surface area (TPSA) is 237 Å². The van der Waals surface area contributed by atoms with Gasteiger partial charge in [0.25, 0.3) is 0 Å². The number of phosphoric ester groups is 2. The number of carbonyl (C=O) groups is 4. The van der Waals surface area contributed by atoms with Gasteiger partial charge in [0.1, 0.15) is 19.3 Å². The summed E-state index contributed by atoms with van der Waals surface area (Å²) >= 11 is 0. The van der Waals surface area contributed by atoms with Gasteiger partial charge in [-0.05, 0) is 141 Å². The second-order valence-corrected chi connectivity index (χ2v) is 27.4. The summed E-state index contributed by atoms with van der Waals surface area (Å²) in [6, 6.07) is 0. The van der Waals surface area contributed by atoms with E-state index >= 15 is 0 Å². The molecule has 0 aromatic rings. The predicted molar refractivity (Wildman–Crippen MR) is 390 cm³/mol. The van der Waals surface area contributed by atoms with Crippen LogP contribution >= 0.6 is 15.6 Å². The summed E-state index contributed by atoms with van der Waals surface area (Å²) in [6.07, 6.45) is 72.4. The average Bonchev–Trinajstić information content (AvgIpc) is 1.17. The average molecular weight is 1390 g/mol. The van der Waals surface area contributed by atoms with E-state index in [1.807, 2.05) is 12.2 Å². The van der Waals surface area contributed by atoms with Crippen LogP contribution in [0.4, 0.5) is 0 Å². The van der Waals surface area contributed by atoms with E-state index in [0.717, 1.165) is 154 Å². The molecule has 0 bridgehead atoms. The van der Waals surface area contributed by atoms with Gasteiger partial charge in [0.05, 0.1) is 26.4 Å². The molecular formula is C77H132O17P2. The minimum atomic E-state index is -4.99. The number of allylic oxidation sites excluding steroid dienone is 18. The third-order valence-electron chi connectivity index (χ3n) is 15.2. The predicted octanol–water partition coefficient (Wildman–Crippen LogP) is 21.0. The van der Waals surface area contributed by atoms with E-state index in [9.17, 15) is 43.2 Å². The summed E-state index contributed by atoms with van der Waals surface area (Å²) < 4.78 is 68.3. The van der Waals surface area contributed by atoms with Gasteiger partial charge >= 0.3 is 39.5 Å². The Morgan fingerprint density at radius 1 is 0.302 bits per heavy atom. The van der Waals surface area contributed by atoms with Gasteiger partial charge in [-0.25, -0.2) is 9.13 Å². The first-order valence-corrected chi connectivity index (χ1v) is 40.1. The van der Waals surface area contributed by atoms with Gasteiger partial charge in [0, 0.05) is 25.7 Å². The Kier molecular flexibility index (Phi) is 66.1. The molecule has 19 heteroatoms. The van der Waals surface area contributed by atoms with Crippen LogP contribution in [0.5, 0.6) is 0 Å².